The van der Waals surface area contributed by atoms with Crippen LogP contribution in [0.5, 0.6) is 0 Å². The quantitative estimate of drug-likeness (QED) is 0.592. The van der Waals surface area contributed by atoms with E-state index >= 15 is 0 Å². The van der Waals surface area contributed by atoms with Crippen molar-refractivity contribution in [1.82, 2.24) is 0 Å². The van der Waals surface area contributed by atoms with Gasteiger partial charge in [-0.1, -0.05) is 49.6 Å². The van der Waals surface area contributed by atoms with Gasteiger partial charge >= 0.3 is 0 Å². The second kappa shape index (κ2) is 4.97. The monoisotopic (exact) mass is 162 g/mol. The van der Waals surface area contributed by atoms with Gasteiger partial charge < -0.3 is 0 Å². The molecule has 1 aromatic carbocycles. The summed E-state index contributed by atoms with van der Waals surface area (Å²) < 4.78 is 0. The van der Waals surface area contributed by atoms with Crippen LogP contribution in [0.4, 0.5) is 0 Å². The molecule has 0 saturated carbocycles. The Labute approximate surface area is 75.6 Å². The molecule has 0 heteroatoms. The Morgan fingerprint density at radius 3 is 2.25 bits per heavy atom. The minimum Gasteiger partial charge on any atom is -0.0654 e. The van der Waals surface area contributed by atoms with Crippen molar-refractivity contribution >= 4 is 0 Å². The molecule has 0 amide bonds. The van der Waals surface area contributed by atoms with Gasteiger partial charge in [-0.2, -0.15) is 0 Å². The lowest BCUT2D eigenvalue weighted by atomic mass is 10.1. The van der Waals surface area contributed by atoms with Crippen LogP contribution in [0.2, 0.25) is 0 Å². The summed E-state index contributed by atoms with van der Waals surface area (Å²) in [5.74, 6) is 0. The fraction of sp³-hybridized carbons (Fsp3) is 0.500. The zero-order valence-electron chi connectivity index (χ0n) is 8.14. The van der Waals surface area contributed by atoms with Crippen molar-refractivity contribution in [2.45, 2.75) is 39.5 Å². The van der Waals surface area contributed by atoms with Crippen molar-refractivity contribution in [2.24, 2.45) is 0 Å². The maximum Gasteiger partial charge on any atom is -0.0279 e. The Kier molecular flexibility index (Phi) is 3.86. The van der Waals surface area contributed by atoms with E-state index in [0.29, 0.717) is 0 Å². The summed E-state index contributed by atoms with van der Waals surface area (Å²) >= 11 is 0. The van der Waals surface area contributed by atoms with Crippen LogP contribution in [0.15, 0.2) is 24.3 Å². The molecule has 0 radical (unpaired) electrons. The highest BCUT2D eigenvalue weighted by Gasteiger charge is 1.91. The lowest BCUT2D eigenvalue weighted by molar-refractivity contribution is 0.717. The van der Waals surface area contributed by atoms with Gasteiger partial charge in [-0.15, -0.1) is 0 Å². The molecule has 0 fully saturated rings. The summed E-state index contributed by atoms with van der Waals surface area (Å²) in [5.41, 5.74) is 2.84. The maximum absolute atomic E-state index is 2.25. The zero-order valence-corrected chi connectivity index (χ0v) is 8.14. The van der Waals surface area contributed by atoms with Crippen LogP contribution in [-0.2, 0) is 6.42 Å². The number of rotatable bonds is 4. The van der Waals surface area contributed by atoms with E-state index in [4.69, 9.17) is 0 Å². The number of aryl methyl sites for hydroxylation is 2. The van der Waals surface area contributed by atoms with E-state index in [1.165, 1.54) is 36.8 Å². The van der Waals surface area contributed by atoms with Crippen LogP contribution < -0.4 is 0 Å². The molecule has 0 heterocycles. The molecule has 0 N–H and O–H groups in total. The summed E-state index contributed by atoms with van der Waals surface area (Å²) in [7, 11) is 0. The van der Waals surface area contributed by atoms with Gasteiger partial charge in [0, 0.05) is 0 Å². The third-order valence-electron chi connectivity index (χ3n) is 2.19. The molecule has 0 spiro atoms. The Bertz CT molecular complexity index is 208. The van der Waals surface area contributed by atoms with Crippen LogP contribution >= 0.6 is 0 Å². The second-order valence-corrected chi connectivity index (χ2v) is 3.44. The topological polar surface area (TPSA) is 0 Å². The summed E-state index contributed by atoms with van der Waals surface area (Å²) in [6.07, 6.45) is 5.24. The van der Waals surface area contributed by atoms with Crippen LogP contribution in [0.25, 0.3) is 0 Å². The normalized spacial score (nSPS) is 10.2. The summed E-state index contributed by atoms with van der Waals surface area (Å²) in [6.45, 7) is 4.38. The molecule has 0 aliphatic carbocycles. The van der Waals surface area contributed by atoms with Gasteiger partial charge in [-0.25, -0.2) is 0 Å². The smallest absolute Gasteiger partial charge is 0.0279 e. The number of hydrogen-bond donors (Lipinski definition) is 0. The zero-order chi connectivity index (χ0) is 8.81. The Morgan fingerprint density at radius 2 is 1.67 bits per heavy atom. The highest BCUT2D eigenvalue weighted by Crippen LogP contribution is 2.07. The van der Waals surface area contributed by atoms with E-state index in [1.807, 2.05) is 0 Å². The van der Waals surface area contributed by atoms with E-state index in [9.17, 15) is 0 Å². The van der Waals surface area contributed by atoms with E-state index in [-0.39, 0.29) is 0 Å². The van der Waals surface area contributed by atoms with Gasteiger partial charge in [-0.05, 0) is 25.3 Å². The Morgan fingerprint density at radius 1 is 1.00 bits per heavy atom. The predicted octanol–water partition coefficient (Wildman–Crippen LogP) is 3.73. The van der Waals surface area contributed by atoms with Crippen molar-refractivity contribution in [1.29, 1.82) is 0 Å². The number of unbranched alkanes of at least 4 members (excludes halogenated alkanes) is 2. The van der Waals surface area contributed by atoms with Crippen LogP contribution in [0, 0.1) is 6.92 Å². The molecular weight excluding hydrogens is 144 g/mol. The minimum absolute atomic E-state index is 1.24. The lowest BCUT2D eigenvalue weighted by Crippen LogP contribution is -1.84. The number of benzene rings is 1. The average molecular weight is 162 g/mol. The fourth-order valence-corrected chi connectivity index (χ4v) is 1.33. The molecule has 0 atom stereocenters. The average Bonchev–Trinajstić information content (AvgIpc) is 2.09. The van der Waals surface area contributed by atoms with E-state index < -0.39 is 0 Å². The highest BCUT2D eigenvalue weighted by atomic mass is 14.0. The molecule has 1 rings (SSSR count). The van der Waals surface area contributed by atoms with Gasteiger partial charge in [0.1, 0.15) is 0 Å². The third kappa shape index (κ3) is 3.08. The van der Waals surface area contributed by atoms with E-state index in [1.54, 1.807) is 0 Å². The second-order valence-electron chi connectivity index (χ2n) is 3.44. The first kappa shape index (κ1) is 9.31. The predicted molar refractivity (Wildman–Crippen MR) is 54.4 cm³/mol. The summed E-state index contributed by atoms with van der Waals surface area (Å²) in [6, 6.07) is 8.87. The molecule has 0 bridgehead atoms. The van der Waals surface area contributed by atoms with Crippen molar-refractivity contribution in [3.05, 3.63) is 35.4 Å². The van der Waals surface area contributed by atoms with Gasteiger partial charge in [0.05, 0.1) is 0 Å². The van der Waals surface area contributed by atoms with Gasteiger partial charge in [0.25, 0.3) is 0 Å². The molecule has 66 valence electrons. The third-order valence-corrected chi connectivity index (χ3v) is 2.19. The first-order chi connectivity index (χ1) is 5.83. The molecule has 0 aliphatic rings. The van der Waals surface area contributed by atoms with Gasteiger partial charge in [0.2, 0.25) is 0 Å². The van der Waals surface area contributed by atoms with Crippen molar-refractivity contribution in [3.8, 4) is 0 Å². The van der Waals surface area contributed by atoms with E-state index in [0.717, 1.165) is 0 Å². The van der Waals surface area contributed by atoms with Crippen LogP contribution in [0.1, 0.15) is 37.3 Å². The maximum atomic E-state index is 2.25. The SMILES string of the molecule is CCCCCc1ccc(C)cc1. The molecule has 0 nitrogen and oxygen atoms in total. The van der Waals surface area contributed by atoms with Crippen LogP contribution in [0.3, 0.4) is 0 Å². The minimum atomic E-state index is 1.24. The fourth-order valence-electron chi connectivity index (χ4n) is 1.33. The Balaban J connectivity index is 2.37. The summed E-state index contributed by atoms with van der Waals surface area (Å²) in [5, 5.41) is 0. The molecule has 0 aromatic heterocycles. The largest absolute Gasteiger partial charge is 0.0654 e. The first-order valence-electron chi connectivity index (χ1n) is 4.88. The molecule has 12 heavy (non-hydrogen) atoms. The van der Waals surface area contributed by atoms with Crippen molar-refractivity contribution < 1.29 is 0 Å². The van der Waals surface area contributed by atoms with E-state index in [2.05, 4.69) is 38.1 Å². The summed E-state index contributed by atoms with van der Waals surface area (Å²) in [4.78, 5) is 0. The molecule has 0 aliphatic heterocycles. The number of hydrogen-bond acceptors (Lipinski definition) is 0. The molecule has 1 aromatic rings. The van der Waals surface area contributed by atoms with Gasteiger partial charge in [0.15, 0.2) is 0 Å². The first-order valence-corrected chi connectivity index (χ1v) is 4.88. The van der Waals surface area contributed by atoms with Crippen LogP contribution in [-0.4, -0.2) is 0 Å². The Hall–Kier alpha value is -0.780. The standard InChI is InChI=1S/C12H18/c1-3-4-5-6-12-9-7-11(2)8-10-12/h7-10H,3-6H2,1-2H3. The molecule has 0 unspecified atom stereocenters. The molecular formula is C12H18. The van der Waals surface area contributed by atoms with Gasteiger partial charge in [-0.3, -0.25) is 0 Å². The van der Waals surface area contributed by atoms with Crippen molar-refractivity contribution in [3.63, 3.8) is 0 Å². The lowest BCUT2D eigenvalue weighted by Gasteiger charge is -2.00. The molecule has 0 saturated heterocycles. The highest BCUT2D eigenvalue weighted by molar-refractivity contribution is 5.21. The van der Waals surface area contributed by atoms with Crippen molar-refractivity contribution in [2.75, 3.05) is 0 Å².